The van der Waals surface area contributed by atoms with E-state index in [9.17, 15) is 14.4 Å². The number of nitrogens with zero attached hydrogens (tertiary/aromatic N) is 5. The molecule has 0 atom stereocenters. The molecule has 1 aromatic rings. The van der Waals surface area contributed by atoms with Crippen LogP contribution >= 0.6 is 0 Å². The van der Waals surface area contributed by atoms with Crippen molar-refractivity contribution in [2.24, 2.45) is 0 Å². The number of carbonyl (C=O) groups excluding carboxylic acids is 3. The fourth-order valence-corrected chi connectivity index (χ4v) is 3.52. The van der Waals surface area contributed by atoms with Gasteiger partial charge < -0.3 is 19.6 Å². The Morgan fingerprint density at radius 3 is 2.04 bits per heavy atom. The number of carbonyl (C=O) groups is 3. The largest absolute Gasteiger partial charge is 0.339 e. The molecule has 8 heteroatoms. The van der Waals surface area contributed by atoms with Gasteiger partial charge in [-0.05, 0) is 18.7 Å². The molecule has 27 heavy (non-hydrogen) atoms. The zero-order valence-electron chi connectivity index (χ0n) is 16.1. The van der Waals surface area contributed by atoms with E-state index in [1.54, 1.807) is 33.8 Å². The van der Waals surface area contributed by atoms with Crippen LogP contribution in [0.2, 0.25) is 0 Å². The Hall–Kier alpha value is -2.48. The van der Waals surface area contributed by atoms with Gasteiger partial charge >= 0.3 is 0 Å². The number of piperazine rings is 2. The average Bonchev–Trinajstić information content (AvgIpc) is 2.73. The SMILES string of the molecule is CCN1CCN(C(=O)c2cc(C(=O)N3CCN(C(C)=O)CC3)ccn2)CC1. The number of hydrogen-bond acceptors (Lipinski definition) is 5. The van der Waals surface area contributed by atoms with Gasteiger partial charge in [0.15, 0.2) is 0 Å². The molecule has 0 N–H and O–H groups in total. The minimum Gasteiger partial charge on any atom is -0.339 e. The molecule has 3 rings (SSSR count). The molecule has 1 aromatic heterocycles. The van der Waals surface area contributed by atoms with Gasteiger partial charge in [0.2, 0.25) is 5.91 Å². The Labute approximate surface area is 159 Å². The van der Waals surface area contributed by atoms with Gasteiger partial charge in [-0.25, -0.2) is 0 Å². The lowest BCUT2D eigenvalue weighted by Gasteiger charge is -2.34. The number of amides is 3. The second-order valence-corrected chi connectivity index (χ2v) is 6.95. The molecule has 0 unspecified atom stereocenters. The van der Waals surface area contributed by atoms with E-state index in [-0.39, 0.29) is 17.7 Å². The Kier molecular flexibility index (Phi) is 6.05. The van der Waals surface area contributed by atoms with E-state index in [0.717, 1.165) is 19.6 Å². The highest BCUT2D eigenvalue weighted by Gasteiger charge is 2.26. The second kappa shape index (κ2) is 8.47. The van der Waals surface area contributed by atoms with Crippen LogP contribution in [0.4, 0.5) is 0 Å². The van der Waals surface area contributed by atoms with Gasteiger partial charge in [-0.3, -0.25) is 19.4 Å². The Morgan fingerprint density at radius 2 is 1.44 bits per heavy atom. The summed E-state index contributed by atoms with van der Waals surface area (Å²) in [5.74, 6) is -0.214. The lowest BCUT2D eigenvalue weighted by molar-refractivity contribution is -0.130. The number of hydrogen-bond donors (Lipinski definition) is 0. The van der Waals surface area contributed by atoms with Crippen LogP contribution in [0.1, 0.15) is 34.7 Å². The molecule has 2 saturated heterocycles. The van der Waals surface area contributed by atoms with Gasteiger partial charge in [-0.2, -0.15) is 0 Å². The first-order valence-corrected chi connectivity index (χ1v) is 9.52. The highest BCUT2D eigenvalue weighted by molar-refractivity contribution is 5.98. The maximum Gasteiger partial charge on any atom is 0.272 e. The summed E-state index contributed by atoms with van der Waals surface area (Å²) in [6.45, 7) is 9.82. The highest BCUT2D eigenvalue weighted by atomic mass is 16.2. The minimum absolute atomic E-state index is 0.0297. The van der Waals surface area contributed by atoms with Crippen LogP contribution in [0.25, 0.3) is 0 Å². The number of likely N-dealkylation sites (N-methyl/N-ethyl adjacent to an activating group) is 1. The summed E-state index contributed by atoms with van der Waals surface area (Å²) < 4.78 is 0. The van der Waals surface area contributed by atoms with Crippen LogP contribution in [0.5, 0.6) is 0 Å². The molecule has 0 bridgehead atoms. The molecule has 0 aromatic carbocycles. The number of pyridine rings is 1. The molecular weight excluding hydrogens is 346 g/mol. The van der Waals surface area contributed by atoms with Crippen molar-refractivity contribution in [2.45, 2.75) is 13.8 Å². The average molecular weight is 373 g/mol. The van der Waals surface area contributed by atoms with Crippen molar-refractivity contribution in [1.29, 1.82) is 0 Å². The van der Waals surface area contributed by atoms with Crippen molar-refractivity contribution in [2.75, 3.05) is 58.9 Å². The van der Waals surface area contributed by atoms with E-state index in [1.807, 2.05) is 0 Å². The van der Waals surface area contributed by atoms with E-state index in [1.165, 1.54) is 6.20 Å². The lowest BCUT2D eigenvalue weighted by atomic mass is 10.1. The van der Waals surface area contributed by atoms with E-state index in [4.69, 9.17) is 0 Å². The topological polar surface area (TPSA) is 77.1 Å². The van der Waals surface area contributed by atoms with Crippen LogP contribution < -0.4 is 0 Å². The molecule has 2 aliphatic rings. The zero-order valence-corrected chi connectivity index (χ0v) is 16.1. The van der Waals surface area contributed by atoms with Gasteiger partial charge in [0.1, 0.15) is 5.69 Å². The zero-order chi connectivity index (χ0) is 19.4. The quantitative estimate of drug-likeness (QED) is 0.755. The third-order valence-electron chi connectivity index (χ3n) is 5.34. The van der Waals surface area contributed by atoms with Crippen LogP contribution in [0, 0.1) is 0 Å². The van der Waals surface area contributed by atoms with E-state index < -0.39 is 0 Å². The van der Waals surface area contributed by atoms with Crippen molar-refractivity contribution in [3.63, 3.8) is 0 Å². The van der Waals surface area contributed by atoms with Gasteiger partial charge in [-0.1, -0.05) is 6.92 Å². The van der Waals surface area contributed by atoms with Gasteiger partial charge in [0.25, 0.3) is 11.8 Å². The maximum absolute atomic E-state index is 12.8. The Balaban J connectivity index is 1.64. The number of rotatable bonds is 3. The fourth-order valence-electron chi connectivity index (χ4n) is 3.52. The van der Waals surface area contributed by atoms with Crippen LogP contribution in [-0.2, 0) is 4.79 Å². The lowest BCUT2D eigenvalue weighted by Crippen LogP contribution is -2.50. The van der Waals surface area contributed by atoms with Crippen molar-refractivity contribution < 1.29 is 14.4 Å². The highest BCUT2D eigenvalue weighted by Crippen LogP contribution is 2.12. The summed E-state index contributed by atoms with van der Waals surface area (Å²) in [5, 5.41) is 0. The van der Waals surface area contributed by atoms with Crippen molar-refractivity contribution >= 4 is 17.7 Å². The molecule has 0 saturated carbocycles. The van der Waals surface area contributed by atoms with Crippen LogP contribution in [0.3, 0.4) is 0 Å². The van der Waals surface area contributed by atoms with E-state index in [0.29, 0.717) is 50.5 Å². The molecule has 0 radical (unpaired) electrons. The van der Waals surface area contributed by atoms with Gasteiger partial charge in [-0.15, -0.1) is 0 Å². The summed E-state index contributed by atoms with van der Waals surface area (Å²) in [7, 11) is 0. The standard InChI is InChI=1S/C19H27N5O3/c1-3-21-6-8-24(9-7-21)19(27)17-14-16(4-5-20-17)18(26)23-12-10-22(11-13-23)15(2)25/h4-5,14H,3,6-13H2,1-2H3. The number of aromatic nitrogens is 1. The molecule has 146 valence electrons. The summed E-state index contributed by atoms with van der Waals surface area (Å²) in [4.78, 5) is 48.7. The molecule has 2 fully saturated rings. The molecular formula is C19H27N5O3. The normalized spacial score (nSPS) is 18.5. The third-order valence-corrected chi connectivity index (χ3v) is 5.34. The van der Waals surface area contributed by atoms with Gasteiger partial charge in [0.05, 0.1) is 0 Å². The second-order valence-electron chi connectivity index (χ2n) is 6.95. The van der Waals surface area contributed by atoms with Crippen molar-refractivity contribution in [3.8, 4) is 0 Å². The summed E-state index contributed by atoms with van der Waals surface area (Å²) in [5.41, 5.74) is 0.782. The monoisotopic (exact) mass is 373 g/mol. The minimum atomic E-state index is -0.123. The van der Waals surface area contributed by atoms with Crippen molar-refractivity contribution in [1.82, 2.24) is 24.6 Å². The third kappa shape index (κ3) is 4.44. The summed E-state index contributed by atoms with van der Waals surface area (Å²) >= 11 is 0. The maximum atomic E-state index is 12.8. The predicted molar refractivity (Wildman–Crippen MR) is 100 cm³/mol. The molecule has 0 aliphatic carbocycles. The molecule has 0 spiro atoms. The molecule has 3 heterocycles. The van der Waals surface area contributed by atoms with Crippen LogP contribution in [0.15, 0.2) is 18.3 Å². The van der Waals surface area contributed by atoms with Gasteiger partial charge in [0, 0.05) is 71.0 Å². The fraction of sp³-hybridized carbons (Fsp3) is 0.579. The summed E-state index contributed by atoms with van der Waals surface area (Å²) in [6, 6.07) is 3.24. The first kappa shape index (κ1) is 19.3. The van der Waals surface area contributed by atoms with E-state index in [2.05, 4.69) is 16.8 Å². The Morgan fingerprint density at radius 1 is 0.889 bits per heavy atom. The molecule has 8 nitrogen and oxygen atoms in total. The van der Waals surface area contributed by atoms with Crippen molar-refractivity contribution in [3.05, 3.63) is 29.6 Å². The molecule has 3 amide bonds. The Bertz CT molecular complexity index is 707. The smallest absolute Gasteiger partial charge is 0.272 e. The van der Waals surface area contributed by atoms with E-state index >= 15 is 0 Å². The first-order chi connectivity index (χ1) is 13.0. The predicted octanol–water partition coefficient (Wildman–Crippen LogP) is 0.164. The van der Waals surface area contributed by atoms with Crippen LogP contribution in [-0.4, -0.2) is 101 Å². The first-order valence-electron chi connectivity index (χ1n) is 9.52. The molecule has 2 aliphatic heterocycles. The summed E-state index contributed by atoms with van der Waals surface area (Å²) in [6.07, 6.45) is 1.52.